The molecule has 0 radical (unpaired) electrons. The van der Waals surface area contributed by atoms with Crippen molar-refractivity contribution in [3.05, 3.63) is 11.8 Å². The van der Waals surface area contributed by atoms with Gasteiger partial charge in [-0.25, -0.2) is 14.7 Å². The van der Waals surface area contributed by atoms with Gasteiger partial charge in [-0.05, 0) is 46.5 Å². The highest BCUT2D eigenvalue weighted by molar-refractivity contribution is 5.76. The monoisotopic (exact) mass is 422 g/mol. The van der Waals surface area contributed by atoms with Crippen molar-refractivity contribution in [3.63, 3.8) is 0 Å². The maximum atomic E-state index is 12.2. The highest BCUT2D eigenvalue weighted by atomic mass is 16.6. The molecule has 2 bridgehead atoms. The quantitative estimate of drug-likeness (QED) is 0.705. The largest absolute Gasteiger partial charge is 0.444 e. The Bertz CT molecular complexity index is 785. The molecular weight excluding hydrogens is 392 g/mol. The van der Waals surface area contributed by atoms with E-state index in [-0.39, 0.29) is 24.2 Å². The van der Waals surface area contributed by atoms with Crippen LogP contribution in [0, 0.1) is 0 Å². The number of likely N-dealkylation sites (tertiary alicyclic amines) is 1. The molecule has 0 spiro atoms. The molecule has 1 aromatic rings. The van der Waals surface area contributed by atoms with E-state index in [0.717, 1.165) is 17.9 Å². The molecule has 3 saturated heterocycles. The van der Waals surface area contributed by atoms with Crippen molar-refractivity contribution in [2.45, 2.75) is 76.7 Å². The number of ether oxygens (including phenoxy) is 1. The molecule has 3 fully saturated rings. The summed E-state index contributed by atoms with van der Waals surface area (Å²) in [6, 6.07) is -0.594. The van der Waals surface area contributed by atoms with Crippen LogP contribution in [0.25, 0.3) is 0 Å². The Balaban J connectivity index is 1.25. The number of piperidine rings is 2. The minimum absolute atomic E-state index is 0.149. The zero-order valence-corrected chi connectivity index (χ0v) is 17.7. The van der Waals surface area contributed by atoms with Crippen LogP contribution in [0.1, 0.15) is 64.3 Å². The van der Waals surface area contributed by atoms with Crippen LogP contribution in [0.3, 0.4) is 0 Å². The van der Waals surface area contributed by atoms with E-state index in [2.05, 4.69) is 15.5 Å². The molecule has 166 valence electrons. The fourth-order valence-corrected chi connectivity index (χ4v) is 4.20. The first-order valence-electron chi connectivity index (χ1n) is 10.5. The Morgan fingerprint density at radius 1 is 1.23 bits per heavy atom. The second-order valence-corrected chi connectivity index (χ2v) is 9.18. The third-order valence-electron chi connectivity index (χ3n) is 5.80. The summed E-state index contributed by atoms with van der Waals surface area (Å²) in [7, 11) is 0. The Labute approximate surface area is 175 Å². The number of rotatable bonds is 4. The molecule has 0 aromatic carbocycles. The van der Waals surface area contributed by atoms with Gasteiger partial charge in [0.2, 0.25) is 11.8 Å². The average molecular weight is 422 g/mol. The van der Waals surface area contributed by atoms with Gasteiger partial charge in [0.1, 0.15) is 11.6 Å². The summed E-state index contributed by atoms with van der Waals surface area (Å²) in [5.41, 5.74) is -0.490. The zero-order valence-electron chi connectivity index (χ0n) is 17.7. The second kappa shape index (κ2) is 8.03. The third kappa shape index (κ3) is 4.36. The van der Waals surface area contributed by atoms with Gasteiger partial charge in [-0.1, -0.05) is 0 Å². The van der Waals surface area contributed by atoms with E-state index in [1.807, 2.05) is 20.8 Å². The van der Waals surface area contributed by atoms with E-state index in [0.29, 0.717) is 50.8 Å². The van der Waals surface area contributed by atoms with Crippen molar-refractivity contribution in [2.75, 3.05) is 19.6 Å². The standard InChI is InChI=1S/C19H30N6O5/c1-19(2,3)30-18(27)23-8-6-12(7-9-23)20-10-15-21-22-16(29-15)14-5-4-13-11-24(14)17(26)25(13)28/h12-14,20,28H,4-11H2,1-3H3/t13-,14-/m0/s1. The number of aromatic nitrogens is 2. The van der Waals surface area contributed by atoms with Crippen LogP contribution < -0.4 is 5.32 Å². The van der Waals surface area contributed by atoms with Gasteiger partial charge in [0.25, 0.3) is 0 Å². The van der Waals surface area contributed by atoms with Crippen LogP contribution >= 0.6 is 0 Å². The molecule has 3 aliphatic rings. The van der Waals surface area contributed by atoms with E-state index in [1.54, 1.807) is 9.80 Å². The van der Waals surface area contributed by atoms with Crippen LogP contribution in [0.15, 0.2) is 4.42 Å². The third-order valence-corrected chi connectivity index (χ3v) is 5.80. The number of hydrogen-bond donors (Lipinski definition) is 2. The van der Waals surface area contributed by atoms with E-state index < -0.39 is 11.6 Å². The lowest BCUT2D eigenvalue weighted by Gasteiger charge is -2.33. The minimum Gasteiger partial charge on any atom is -0.444 e. The average Bonchev–Trinajstić information content (AvgIpc) is 3.26. The molecule has 0 aliphatic carbocycles. The van der Waals surface area contributed by atoms with Gasteiger partial charge in [0, 0.05) is 25.7 Å². The summed E-state index contributed by atoms with van der Waals surface area (Å²) in [5, 5.41) is 22.3. The topological polar surface area (TPSA) is 124 Å². The Kier molecular flexibility index (Phi) is 5.58. The molecule has 3 aliphatic heterocycles. The van der Waals surface area contributed by atoms with Crippen LogP contribution in [0.4, 0.5) is 9.59 Å². The van der Waals surface area contributed by atoms with Gasteiger partial charge >= 0.3 is 12.1 Å². The van der Waals surface area contributed by atoms with Crippen LogP contribution in [0.2, 0.25) is 0 Å². The summed E-state index contributed by atoms with van der Waals surface area (Å²) >= 11 is 0. The highest BCUT2D eigenvalue weighted by Gasteiger charge is 2.46. The first-order valence-corrected chi connectivity index (χ1v) is 10.5. The van der Waals surface area contributed by atoms with Gasteiger partial charge in [0.05, 0.1) is 12.6 Å². The molecule has 0 saturated carbocycles. The van der Waals surface area contributed by atoms with Gasteiger partial charge in [0.15, 0.2) is 0 Å². The van der Waals surface area contributed by atoms with E-state index in [9.17, 15) is 14.8 Å². The molecule has 30 heavy (non-hydrogen) atoms. The number of carbonyl (C=O) groups is 2. The van der Waals surface area contributed by atoms with Gasteiger partial charge in [-0.2, -0.15) is 0 Å². The summed E-state index contributed by atoms with van der Waals surface area (Å²) in [4.78, 5) is 27.6. The van der Waals surface area contributed by atoms with E-state index in [4.69, 9.17) is 9.15 Å². The summed E-state index contributed by atoms with van der Waals surface area (Å²) < 4.78 is 11.2. The number of hydrogen-bond acceptors (Lipinski definition) is 8. The van der Waals surface area contributed by atoms with Crippen LogP contribution in [-0.4, -0.2) is 79.7 Å². The number of nitrogens with one attached hydrogen (secondary N) is 1. The van der Waals surface area contributed by atoms with Crippen molar-refractivity contribution in [1.82, 2.24) is 30.4 Å². The summed E-state index contributed by atoms with van der Waals surface area (Å²) in [6.07, 6.45) is 2.76. The number of carbonyl (C=O) groups excluding carboxylic acids is 2. The molecule has 0 unspecified atom stereocenters. The predicted molar refractivity (Wildman–Crippen MR) is 103 cm³/mol. The lowest BCUT2D eigenvalue weighted by molar-refractivity contribution is -0.0584. The molecule has 11 heteroatoms. The molecule has 3 amide bonds. The number of nitrogens with zero attached hydrogens (tertiary/aromatic N) is 5. The first-order chi connectivity index (χ1) is 14.2. The fourth-order valence-electron chi connectivity index (χ4n) is 4.20. The smallest absolute Gasteiger partial charge is 0.410 e. The summed E-state index contributed by atoms with van der Waals surface area (Å²) in [6.45, 7) is 7.78. The number of fused-ring (bicyclic) bond motifs is 2. The van der Waals surface area contributed by atoms with Crippen molar-refractivity contribution >= 4 is 12.1 Å². The van der Waals surface area contributed by atoms with Crippen molar-refractivity contribution < 1.29 is 24.0 Å². The maximum absolute atomic E-state index is 12.2. The van der Waals surface area contributed by atoms with Crippen LogP contribution in [0.5, 0.6) is 0 Å². The van der Waals surface area contributed by atoms with Gasteiger partial charge in [-0.3, -0.25) is 5.21 Å². The molecule has 2 atom stereocenters. The predicted octanol–water partition coefficient (Wildman–Crippen LogP) is 1.89. The number of amides is 3. The number of urea groups is 1. The van der Waals surface area contributed by atoms with Crippen molar-refractivity contribution in [1.29, 1.82) is 0 Å². The SMILES string of the molecule is CC(C)(C)OC(=O)N1CCC(NCc2nnc([C@@H]3CC[C@H]4CN3C(=O)N4O)o2)CC1. The minimum atomic E-state index is -0.490. The fraction of sp³-hybridized carbons (Fsp3) is 0.789. The van der Waals surface area contributed by atoms with Crippen molar-refractivity contribution in [3.8, 4) is 0 Å². The van der Waals surface area contributed by atoms with E-state index >= 15 is 0 Å². The van der Waals surface area contributed by atoms with Crippen LogP contribution in [-0.2, 0) is 11.3 Å². The molecule has 4 rings (SSSR count). The summed E-state index contributed by atoms with van der Waals surface area (Å²) in [5.74, 6) is 0.878. The van der Waals surface area contributed by atoms with Gasteiger partial charge in [-0.15, -0.1) is 10.2 Å². The Hall–Kier alpha value is -2.40. The molecule has 4 heterocycles. The number of hydroxylamine groups is 2. The van der Waals surface area contributed by atoms with Crippen molar-refractivity contribution in [2.24, 2.45) is 0 Å². The zero-order chi connectivity index (χ0) is 21.5. The second-order valence-electron chi connectivity index (χ2n) is 9.18. The molecule has 11 nitrogen and oxygen atoms in total. The van der Waals surface area contributed by atoms with E-state index in [1.165, 1.54) is 0 Å². The lowest BCUT2D eigenvalue weighted by atomic mass is 10.0. The molecule has 1 aromatic heterocycles. The highest BCUT2D eigenvalue weighted by Crippen LogP contribution is 2.36. The molecular formula is C19H30N6O5. The lowest BCUT2D eigenvalue weighted by Crippen LogP contribution is -2.46. The maximum Gasteiger partial charge on any atom is 0.410 e. The first kappa shape index (κ1) is 20.9. The Morgan fingerprint density at radius 2 is 1.97 bits per heavy atom. The molecule has 2 N–H and O–H groups in total. The van der Waals surface area contributed by atoms with Gasteiger partial charge < -0.3 is 24.3 Å². The Morgan fingerprint density at radius 3 is 2.67 bits per heavy atom. The normalized spacial score (nSPS) is 25.2.